The van der Waals surface area contributed by atoms with E-state index in [0.717, 1.165) is 0 Å². The highest BCUT2D eigenvalue weighted by Crippen LogP contribution is 2.14. The lowest BCUT2D eigenvalue weighted by Crippen LogP contribution is -2.03. The summed E-state index contributed by atoms with van der Waals surface area (Å²) in [6, 6.07) is 0. The summed E-state index contributed by atoms with van der Waals surface area (Å²) in [6.45, 7) is 0. The summed E-state index contributed by atoms with van der Waals surface area (Å²) >= 11 is 0. The second-order valence-corrected chi connectivity index (χ2v) is 2.84. The van der Waals surface area contributed by atoms with E-state index in [1.165, 1.54) is 6.33 Å². The molecule has 0 aliphatic rings. The van der Waals surface area contributed by atoms with Crippen molar-refractivity contribution in [3.8, 4) is 0 Å². The third kappa shape index (κ3) is 5.93. The van der Waals surface area contributed by atoms with Crippen LogP contribution in [0.1, 0.15) is 1.43 Å². The molecule has 0 spiro atoms. The molecule has 7 N–H and O–H groups in total. The summed E-state index contributed by atoms with van der Waals surface area (Å²) < 4.78 is 32.8. The van der Waals surface area contributed by atoms with E-state index in [1.807, 2.05) is 0 Å². The molecule has 0 unspecified atom stereocenters. The molecule has 0 saturated heterocycles. The fraction of sp³-hybridized carbons (Fsp3) is 0. The highest BCUT2D eigenvalue weighted by atomic mass is 32.3. The molecule has 0 amide bonds. The molecule has 1 rings (SSSR count). The normalized spacial score (nSPS) is 10.1. The van der Waals surface area contributed by atoms with Gasteiger partial charge in [-0.15, -0.1) is 0 Å². The smallest absolute Gasteiger partial charge is 0.215 e. The zero-order chi connectivity index (χ0) is 11.4. The van der Waals surface area contributed by atoms with Crippen LogP contribution in [0.25, 0.3) is 0 Å². The third-order valence-electron chi connectivity index (χ3n) is 0.946. The van der Waals surface area contributed by atoms with Gasteiger partial charge in [0.2, 0.25) is 10.4 Å². The van der Waals surface area contributed by atoms with E-state index in [0.29, 0.717) is 0 Å². The maximum absolute atomic E-state index is 8.63. The fourth-order valence-corrected chi connectivity index (χ4v) is 0.424. The van der Waals surface area contributed by atoms with E-state index in [9.17, 15) is 0 Å². The van der Waals surface area contributed by atoms with Crippen molar-refractivity contribution >= 4 is 27.7 Å². The van der Waals surface area contributed by atoms with E-state index < -0.39 is 10.4 Å². The van der Waals surface area contributed by atoms with Crippen molar-refractivity contribution in [3.63, 3.8) is 0 Å². The molecule has 10 heteroatoms. The maximum atomic E-state index is 8.63. The summed E-state index contributed by atoms with van der Waals surface area (Å²) in [5.74, 6) is 0.449. The van der Waals surface area contributed by atoms with Gasteiger partial charge in [0.1, 0.15) is 12.0 Å². The molecule has 1 heterocycles. The molecule has 0 aliphatic heterocycles. The van der Waals surface area contributed by atoms with Crippen LogP contribution in [0.3, 0.4) is 0 Å². The number of hydrogen-bond donors (Lipinski definition) is 4. The second-order valence-electron chi connectivity index (χ2n) is 1.99. The first-order chi connectivity index (χ1) is 6.22. The highest BCUT2D eigenvalue weighted by Gasteiger charge is 1.97. The largest absolute Gasteiger partial charge is 0.726 e. The lowest BCUT2D eigenvalue weighted by molar-refractivity contribution is 0.366. The third-order valence-corrected chi connectivity index (χ3v) is 0.946. The first-order valence-corrected chi connectivity index (χ1v) is 4.38. The van der Waals surface area contributed by atoms with Gasteiger partial charge in [-0.3, -0.25) is 4.55 Å². The average Bonchev–Trinajstić information content (AvgIpc) is 1.97. The first-order valence-electron chi connectivity index (χ1n) is 3.01. The number of nitrogens with zero attached hydrogens (tertiary/aromatic N) is 2. The van der Waals surface area contributed by atoms with Crippen molar-refractivity contribution in [1.29, 1.82) is 0 Å². The van der Waals surface area contributed by atoms with Crippen molar-refractivity contribution in [3.05, 3.63) is 6.33 Å². The Kier molecular flexibility index (Phi) is 4.01. The van der Waals surface area contributed by atoms with Gasteiger partial charge >= 0.3 is 0 Å². The molecular formula is C4H10N5O4S-. The van der Waals surface area contributed by atoms with E-state index in [2.05, 4.69) is 9.97 Å². The summed E-state index contributed by atoms with van der Waals surface area (Å²) in [7, 11) is -4.92. The number of hydrogen-bond acceptors (Lipinski definition) is 8. The second kappa shape index (κ2) is 4.55. The Labute approximate surface area is 81.0 Å². The molecule has 0 fully saturated rings. The Morgan fingerprint density at radius 1 is 1.29 bits per heavy atom. The summed E-state index contributed by atoms with van der Waals surface area (Å²) in [4.78, 5) is 7.20. The standard InChI is InChI=1S/C4H7N5.H2O4S.H2/c5-2-3(6)8-1-9-4(2)7;1-5(2,3)4;/h1H,5H2,(H4,6,7,8,9);(H2,1,2,3,4);1H/p-1. The number of rotatable bonds is 0. The van der Waals surface area contributed by atoms with Crippen molar-refractivity contribution in [2.75, 3.05) is 17.2 Å². The fourth-order valence-electron chi connectivity index (χ4n) is 0.424. The van der Waals surface area contributed by atoms with Gasteiger partial charge < -0.3 is 21.8 Å². The van der Waals surface area contributed by atoms with Gasteiger partial charge in [-0.05, 0) is 0 Å². The lowest BCUT2D eigenvalue weighted by Gasteiger charge is -1.98. The predicted octanol–water partition coefficient (Wildman–Crippen LogP) is -1.53. The molecule has 1 aromatic rings. The van der Waals surface area contributed by atoms with Crippen molar-refractivity contribution < 1.29 is 18.9 Å². The Hall–Kier alpha value is -1.65. The molecule has 0 atom stereocenters. The topological polar surface area (TPSA) is 181 Å². The van der Waals surface area contributed by atoms with Gasteiger partial charge in [-0.25, -0.2) is 18.4 Å². The summed E-state index contributed by atoms with van der Waals surface area (Å²) in [5.41, 5.74) is 16.1. The van der Waals surface area contributed by atoms with Crippen LogP contribution < -0.4 is 17.2 Å². The van der Waals surface area contributed by atoms with Crippen LogP contribution in [0.5, 0.6) is 0 Å². The molecule has 0 aromatic carbocycles. The van der Waals surface area contributed by atoms with E-state index in [1.54, 1.807) is 0 Å². The minimum absolute atomic E-state index is 0. The van der Waals surface area contributed by atoms with Crippen LogP contribution in [0.15, 0.2) is 6.33 Å². The molecule has 0 radical (unpaired) electrons. The first kappa shape index (κ1) is 12.3. The Morgan fingerprint density at radius 3 is 1.79 bits per heavy atom. The van der Waals surface area contributed by atoms with Gasteiger partial charge in [-0.1, -0.05) is 0 Å². The summed E-state index contributed by atoms with van der Waals surface area (Å²) in [6.07, 6.45) is 1.26. The van der Waals surface area contributed by atoms with Gasteiger partial charge in [0.25, 0.3) is 0 Å². The van der Waals surface area contributed by atoms with Crippen LogP contribution in [0.4, 0.5) is 17.3 Å². The van der Waals surface area contributed by atoms with Gasteiger partial charge in [0.05, 0.1) is 0 Å². The minimum Gasteiger partial charge on any atom is -0.726 e. The summed E-state index contributed by atoms with van der Waals surface area (Å²) in [5, 5.41) is 0. The van der Waals surface area contributed by atoms with Crippen LogP contribution in [0, 0.1) is 0 Å². The van der Waals surface area contributed by atoms with Crippen molar-refractivity contribution in [2.45, 2.75) is 0 Å². The quantitative estimate of drug-likeness (QED) is 0.300. The SMILES string of the molecule is Nc1ncnc(N)c1N.O=S(=O)([O-])O.[HH]. The van der Waals surface area contributed by atoms with Crippen LogP contribution in [0.2, 0.25) is 0 Å². The maximum Gasteiger partial charge on any atom is 0.215 e. The zero-order valence-corrected chi connectivity index (χ0v) is 7.60. The molecule has 0 bridgehead atoms. The van der Waals surface area contributed by atoms with Crippen LogP contribution in [-0.2, 0) is 10.4 Å². The van der Waals surface area contributed by atoms with E-state index in [4.69, 9.17) is 34.7 Å². The molecule has 0 aliphatic carbocycles. The van der Waals surface area contributed by atoms with Gasteiger partial charge in [0, 0.05) is 1.43 Å². The highest BCUT2D eigenvalue weighted by molar-refractivity contribution is 7.79. The molecular weight excluding hydrogens is 214 g/mol. The van der Waals surface area contributed by atoms with E-state index in [-0.39, 0.29) is 18.7 Å². The minimum atomic E-state index is -4.92. The predicted molar refractivity (Wildman–Crippen MR) is 49.7 cm³/mol. The van der Waals surface area contributed by atoms with Crippen LogP contribution in [-0.4, -0.2) is 27.5 Å². The number of aromatic nitrogens is 2. The molecule has 82 valence electrons. The van der Waals surface area contributed by atoms with Crippen LogP contribution >= 0.6 is 0 Å². The Balaban J connectivity index is 0. The number of anilines is 3. The van der Waals surface area contributed by atoms with Gasteiger partial charge in [-0.2, -0.15) is 0 Å². The van der Waals surface area contributed by atoms with E-state index >= 15 is 0 Å². The Morgan fingerprint density at radius 2 is 1.57 bits per heavy atom. The zero-order valence-electron chi connectivity index (χ0n) is 6.78. The molecule has 14 heavy (non-hydrogen) atoms. The average molecular weight is 224 g/mol. The number of nitrogen functional groups attached to an aromatic ring is 3. The monoisotopic (exact) mass is 224 g/mol. The lowest BCUT2D eigenvalue weighted by atomic mass is 10.4. The van der Waals surface area contributed by atoms with Gasteiger partial charge in [0.15, 0.2) is 11.6 Å². The molecule has 1 aromatic heterocycles. The number of nitrogens with two attached hydrogens (primary N) is 3. The van der Waals surface area contributed by atoms with Crippen molar-refractivity contribution in [1.82, 2.24) is 9.97 Å². The Bertz CT molecular complexity index is 381. The van der Waals surface area contributed by atoms with Crippen molar-refractivity contribution in [2.24, 2.45) is 0 Å². The molecule has 0 saturated carbocycles. The molecule has 9 nitrogen and oxygen atoms in total.